The van der Waals surface area contributed by atoms with E-state index < -0.39 is 0 Å². The quantitative estimate of drug-likeness (QED) is 0.769. The molecule has 26 heavy (non-hydrogen) atoms. The molecule has 136 valence electrons. The summed E-state index contributed by atoms with van der Waals surface area (Å²) in [6.07, 6.45) is 3.92. The van der Waals surface area contributed by atoms with Gasteiger partial charge in [0.05, 0.1) is 21.4 Å². The molecule has 0 aliphatic carbocycles. The standard InChI is InChI=1S/C19H23N5OS/c1-13-15(11-21-23(13)2)10-20-19(25)24-9-5-6-14(12-24)18-22-16-7-3-4-8-17(16)26-18/h3-4,7-8,11,14H,5-6,9-10,12H2,1-2H3,(H,20,25). The number of thiazole rings is 1. The average molecular weight is 369 g/mol. The van der Waals surface area contributed by atoms with Crippen molar-refractivity contribution in [3.8, 4) is 0 Å². The van der Waals surface area contributed by atoms with Crippen LogP contribution in [0, 0.1) is 6.92 Å². The summed E-state index contributed by atoms with van der Waals surface area (Å²) in [4.78, 5) is 19.3. The van der Waals surface area contributed by atoms with Crippen LogP contribution in [0.3, 0.4) is 0 Å². The highest BCUT2D eigenvalue weighted by Gasteiger charge is 2.27. The number of carbonyl (C=O) groups excluding carboxylic acids is 1. The summed E-state index contributed by atoms with van der Waals surface area (Å²) in [5.41, 5.74) is 3.19. The highest BCUT2D eigenvalue weighted by molar-refractivity contribution is 7.18. The summed E-state index contributed by atoms with van der Waals surface area (Å²) in [7, 11) is 1.91. The van der Waals surface area contributed by atoms with Gasteiger partial charge in [0.2, 0.25) is 0 Å². The third-order valence-electron chi connectivity index (χ3n) is 5.14. The van der Waals surface area contributed by atoms with Crippen molar-refractivity contribution < 1.29 is 4.79 Å². The number of nitrogens with zero attached hydrogens (tertiary/aromatic N) is 4. The van der Waals surface area contributed by atoms with E-state index >= 15 is 0 Å². The topological polar surface area (TPSA) is 63.1 Å². The predicted octanol–water partition coefficient (Wildman–Crippen LogP) is 3.43. The molecule has 3 aromatic rings. The van der Waals surface area contributed by atoms with E-state index in [1.54, 1.807) is 11.3 Å². The Morgan fingerprint density at radius 3 is 3.00 bits per heavy atom. The van der Waals surface area contributed by atoms with E-state index in [1.807, 2.05) is 41.9 Å². The summed E-state index contributed by atoms with van der Waals surface area (Å²) in [5.74, 6) is 0.326. The lowest BCUT2D eigenvalue weighted by atomic mass is 9.99. The van der Waals surface area contributed by atoms with Gasteiger partial charge < -0.3 is 10.2 Å². The van der Waals surface area contributed by atoms with E-state index in [2.05, 4.69) is 22.5 Å². The van der Waals surface area contributed by atoms with Gasteiger partial charge in [0, 0.05) is 43.9 Å². The smallest absolute Gasteiger partial charge is 0.317 e. The first-order valence-corrected chi connectivity index (χ1v) is 9.79. The van der Waals surface area contributed by atoms with Crippen LogP contribution in [0.1, 0.15) is 35.0 Å². The van der Waals surface area contributed by atoms with E-state index in [0.29, 0.717) is 12.5 Å². The number of aryl methyl sites for hydroxylation is 1. The molecule has 2 aromatic heterocycles. The zero-order chi connectivity index (χ0) is 18.1. The van der Waals surface area contributed by atoms with Crippen molar-refractivity contribution in [3.63, 3.8) is 0 Å². The number of likely N-dealkylation sites (tertiary alicyclic amines) is 1. The molecule has 6 nitrogen and oxygen atoms in total. The van der Waals surface area contributed by atoms with Crippen molar-refractivity contribution in [3.05, 3.63) is 46.7 Å². The summed E-state index contributed by atoms with van der Waals surface area (Å²) in [6, 6.07) is 8.23. The third-order valence-corrected chi connectivity index (χ3v) is 6.33. The lowest BCUT2D eigenvalue weighted by Crippen LogP contribution is -2.44. The molecular weight excluding hydrogens is 346 g/mol. The second-order valence-electron chi connectivity index (χ2n) is 6.84. The van der Waals surface area contributed by atoms with E-state index in [9.17, 15) is 4.79 Å². The van der Waals surface area contributed by atoms with Crippen LogP contribution >= 0.6 is 11.3 Å². The van der Waals surface area contributed by atoms with Gasteiger partial charge in [0.15, 0.2) is 0 Å². The number of amides is 2. The van der Waals surface area contributed by atoms with E-state index in [1.165, 1.54) is 4.70 Å². The Morgan fingerprint density at radius 2 is 2.23 bits per heavy atom. The molecule has 1 aliphatic heterocycles. The first-order valence-electron chi connectivity index (χ1n) is 8.97. The Hall–Kier alpha value is -2.41. The van der Waals surface area contributed by atoms with Crippen molar-refractivity contribution >= 4 is 27.6 Å². The first-order chi connectivity index (χ1) is 12.6. The number of para-hydroxylation sites is 1. The first kappa shape index (κ1) is 17.0. The highest BCUT2D eigenvalue weighted by Crippen LogP contribution is 2.32. The second-order valence-corrected chi connectivity index (χ2v) is 7.90. The van der Waals surface area contributed by atoms with E-state index in [-0.39, 0.29) is 6.03 Å². The van der Waals surface area contributed by atoms with Crippen molar-refractivity contribution in [2.24, 2.45) is 7.05 Å². The number of carbonyl (C=O) groups is 1. The molecule has 1 unspecified atom stereocenters. The van der Waals surface area contributed by atoms with Gasteiger partial charge >= 0.3 is 6.03 Å². The van der Waals surface area contributed by atoms with Gasteiger partial charge in [-0.1, -0.05) is 12.1 Å². The maximum Gasteiger partial charge on any atom is 0.317 e. The predicted molar refractivity (Wildman–Crippen MR) is 103 cm³/mol. The van der Waals surface area contributed by atoms with Crippen LogP contribution in [-0.2, 0) is 13.6 Å². The number of piperidine rings is 1. The van der Waals surface area contributed by atoms with Crippen molar-refractivity contribution in [1.82, 2.24) is 25.0 Å². The van der Waals surface area contributed by atoms with Gasteiger partial charge in [-0.05, 0) is 31.9 Å². The number of fused-ring (bicyclic) bond motifs is 1. The molecule has 1 fully saturated rings. The molecular formula is C19H23N5OS. The molecule has 0 spiro atoms. The third kappa shape index (κ3) is 3.31. The molecule has 0 bridgehead atoms. The maximum absolute atomic E-state index is 12.6. The minimum atomic E-state index is -0.000867. The molecule has 1 atom stereocenters. The number of hydrogen-bond acceptors (Lipinski definition) is 4. The zero-order valence-electron chi connectivity index (χ0n) is 15.1. The molecule has 4 rings (SSSR count). The Balaban J connectivity index is 1.41. The fourth-order valence-electron chi connectivity index (χ4n) is 3.43. The van der Waals surface area contributed by atoms with Gasteiger partial charge in [-0.25, -0.2) is 9.78 Å². The van der Waals surface area contributed by atoms with Gasteiger partial charge in [-0.15, -0.1) is 11.3 Å². The number of benzene rings is 1. The van der Waals surface area contributed by atoms with Gasteiger partial charge in [-0.2, -0.15) is 5.10 Å². The van der Waals surface area contributed by atoms with Crippen molar-refractivity contribution in [1.29, 1.82) is 0 Å². The summed E-state index contributed by atoms with van der Waals surface area (Å²) in [5, 5.41) is 8.41. The monoisotopic (exact) mass is 369 g/mol. The Labute approximate surface area is 156 Å². The number of hydrogen-bond donors (Lipinski definition) is 1. The SMILES string of the molecule is Cc1c(CNC(=O)N2CCCC(c3nc4ccccc4s3)C2)cnn1C. The lowest BCUT2D eigenvalue weighted by molar-refractivity contribution is 0.179. The van der Waals surface area contributed by atoms with Crippen LogP contribution in [0.25, 0.3) is 10.2 Å². The largest absolute Gasteiger partial charge is 0.334 e. The molecule has 3 heterocycles. The van der Waals surface area contributed by atoms with Crippen LogP contribution in [-0.4, -0.2) is 38.8 Å². The maximum atomic E-state index is 12.6. The molecule has 1 saturated heterocycles. The zero-order valence-corrected chi connectivity index (χ0v) is 15.9. The number of nitrogens with one attached hydrogen (secondary N) is 1. The molecule has 0 saturated carbocycles. The number of aromatic nitrogens is 3. The second kappa shape index (κ2) is 7.07. The lowest BCUT2D eigenvalue weighted by Gasteiger charge is -2.31. The minimum absolute atomic E-state index is 0.000867. The summed E-state index contributed by atoms with van der Waals surface area (Å²) >= 11 is 1.75. The van der Waals surface area contributed by atoms with Gasteiger partial charge in [0.25, 0.3) is 0 Å². The van der Waals surface area contributed by atoms with Crippen LogP contribution in [0.4, 0.5) is 4.79 Å². The Morgan fingerprint density at radius 1 is 1.38 bits per heavy atom. The van der Waals surface area contributed by atoms with Crippen LogP contribution in [0.15, 0.2) is 30.5 Å². The molecule has 1 N–H and O–H groups in total. The van der Waals surface area contributed by atoms with Crippen LogP contribution in [0.2, 0.25) is 0 Å². The van der Waals surface area contributed by atoms with Gasteiger partial charge in [-0.3, -0.25) is 4.68 Å². The Kier molecular flexibility index (Phi) is 4.63. The van der Waals surface area contributed by atoms with Gasteiger partial charge in [0.1, 0.15) is 0 Å². The number of rotatable bonds is 3. The van der Waals surface area contributed by atoms with Crippen LogP contribution in [0.5, 0.6) is 0 Å². The number of urea groups is 1. The van der Waals surface area contributed by atoms with E-state index in [0.717, 1.165) is 47.7 Å². The van der Waals surface area contributed by atoms with E-state index in [4.69, 9.17) is 4.98 Å². The average Bonchev–Trinajstić information content (AvgIpc) is 3.24. The molecule has 7 heteroatoms. The van der Waals surface area contributed by atoms with Crippen molar-refractivity contribution in [2.45, 2.75) is 32.2 Å². The highest BCUT2D eigenvalue weighted by atomic mass is 32.1. The summed E-state index contributed by atoms with van der Waals surface area (Å²) < 4.78 is 3.04. The normalized spacial score (nSPS) is 17.6. The van der Waals surface area contributed by atoms with Crippen molar-refractivity contribution in [2.75, 3.05) is 13.1 Å². The molecule has 0 radical (unpaired) electrons. The molecule has 1 aliphatic rings. The van der Waals surface area contributed by atoms with Crippen LogP contribution < -0.4 is 5.32 Å². The minimum Gasteiger partial charge on any atom is -0.334 e. The Bertz CT molecular complexity index is 898. The molecule has 1 aromatic carbocycles. The summed E-state index contributed by atoms with van der Waals surface area (Å²) in [6.45, 7) is 4.07. The fraction of sp³-hybridized carbons (Fsp3) is 0.421. The fourth-order valence-corrected chi connectivity index (χ4v) is 4.52. The molecule has 2 amide bonds.